The second kappa shape index (κ2) is 1.82. The van der Waals surface area contributed by atoms with Crippen molar-refractivity contribution in [2.24, 2.45) is 0 Å². The van der Waals surface area contributed by atoms with E-state index in [1.165, 1.54) is 10.9 Å². The average Bonchev–Trinajstić information content (AvgIpc) is 1.72. The molecule has 1 nitrogen and oxygen atoms in total. The maximum Gasteiger partial charge on any atom is 0.143 e. The Kier molecular flexibility index (Phi) is 1.12. The molecule has 0 N–H and O–H groups in total. The van der Waals surface area contributed by atoms with E-state index in [1.807, 2.05) is 11.4 Å². The summed E-state index contributed by atoms with van der Waals surface area (Å²) in [5.74, 6) is 0. The molecule has 0 aromatic heterocycles. The van der Waals surface area contributed by atoms with Crippen molar-refractivity contribution in [3.63, 3.8) is 0 Å². The maximum absolute atomic E-state index is 4.70. The second-order valence-corrected chi connectivity index (χ2v) is 1.57. The van der Waals surface area contributed by atoms with E-state index in [0.717, 1.165) is 0 Å². The van der Waals surface area contributed by atoms with Crippen LogP contribution in [0.1, 0.15) is 0 Å². The summed E-state index contributed by atoms with van der Waals surface area (Å²) >= 11 is 0. The van der Waals surface area contributed by atoms with Crippen LogP contribution in [0.2, 0.25) is 0 Å². The fraction of sp³-hybridized carbons (Fsp3) is 0. The van der Waals surface area contributed by atoms with Crippen LogP contribution in [0.5, 0.6) is 0 Å². The lowest BCUT2D eigenvalue weighted by Gasteiger charge is -1.84. The van der Waals surface area contributed by atoms with Crippen molar-refractivity contribution in [2.45, 2.75) is 0 Å². The van der Waals surface area contributed by atoms with Crippen molar-refractivity contribution < 1.29 is 4.74 Å². The smallest absolute Gasteiger partial charge is 0.143 e. The third kappa shape index (κ3) is 0.723. The highest BCUT2D eigenvalue weighted by Crippen LogP contribution is 1.79. The quantitative estimate of drug-likeness (QED) is 0.409. The lowest BCUT2D eigenvalue weighted by atomic mass is 10.7. The molecule has 0 saturated carbocycles. The molecule has 0 amide bonds. The van der Waals surface area contributed by atoms with Crippen LogP contribution in [0, 0.1) is 0 Å². The average molecular weight is 100 g/mol. The first-order chi connectivity index (χ1) is 3.00. The summed E-state index contributed by atoms with van der Waals surface area (Å²) in [5, 5.41) is 1.95. The van der Waals surface area contributed by atoms with Gasteiger partial charge in [-0.3, -0.25) is 0 Å². The topological polar surface area (TPSA) is 9.23 Å². The highest BCUT2D eigenvalue weighted by Gasteiger charge is 1.67. The molecular weight excluding hydrogens is 96.1 g/mol. The van der Waals surface area contributed by atoms with Gasteiger partial charge < -0.3 is 4.74 Å². The summed E-state index contributed by atoms with van der Waals surface area (Å²) in [6.07, 6.45) is 3.49. The van der Waals surface area contributed by atoms with Crippen molar-refractivity contribution in [3.8, 4) is 0 Å². The van der Waals surface area contributed by atoms with Crippen LogP contribution in [-0.2, 0) is 4.74 Å². The minimum atomic E-state index is 1.54. The molecule has 0 atom stereocenters. The molecule has 0 aromatic carbocycles. The van der Waals surface area contributed by atoms with Crippen LogP contribution < -0.4 is 0 Å². The van der Waals surface area contributed by atoms with E-state index in [0.29, 0.717) is 0 Å². The van der Waals surface area contributed by atoms with Crippen LogP contribution in [-0.4, -0.2) is 10.9 Å². The van der Waals surface area contributed by atoms with Gasteiger partial charge in [-0.2, -0.15) is 0 Å². The summed E-state index contributed by atoms with van der Waals surface area (Å²) in [6.45, 7) is 0. The van der Waals surface area contributed by atoms with Gasteiger partial charge in [0.25, 0.3) is 0 Å². The third-order valence-corrected chi connectivity index (χ3v) is 0.962. The molecule has 32 valence electrons. The van der Waals surface area contributed by atoms with Gasteiger partial charge in [-0.25, -0.2) is 0 Å². The van der Waals surface area contributed by atoms with Gasteiger partial charge in [0.15, 0.2) is 0 Å². The molecule has 0 fully saturated rings. The molecule has 6 heavy (non-hydrogen) atoms. The Hall–Kier alpha value is -0.500. The van der Waals surface area contributed by atoms with Crippen LogP contribution in [0.3, 0.4) is 0 Å². The van der Waals surface area contributed by atoms with Crippen LogP contribution in [0.15, 0.2) is 12.3 Å². The fourth-order valence-electron chi connectivity index (χ4n) is 0.219. The first-order valence-corrected chi connectivity index (χ1v) is 2.55. The van der Waals surface area contributed by atoms with Gasteiger partial charge in [0.2, 0.25) is 0 Å². The third-order valence-electron chi connectivity index (χ3n) is 0.425. The van der Waals surface area contributed by atoms with Crippen molar-refractivity contribution in [2.75, 3.05) is 0 Å². The van der Waals surface area contributed by atoms with E-state index in [2.05, 4.69) is 0 Å². The molecule has 0 bridgehead atoms. The number of hydrogen-bond acceptors (Lipinski definition) is 1. The van der Waals surface area contributed by atoms with Crippen LogP contribution in [0.4, 0.5) is 0 Å². The zero-order chi connectivity index (χ0) is 4.24. The Morgan fingerprint density at radius 3 is 2.67 bits per heavy atom. The second-order valence-electron chi connectivity index (χ2n) is 0.833. The molecule has 1 heterocycles. The molecule has 0 spiro atoms. The van der Waals surface area contributed by atoms with Gasteiger partial charge in [-0.15, -0.1) is 10.9 Å². The minimum absolute atomic E-state index is 1.54. The van der Waals surface area contributed by atoms with Gasteiger partial charge in [-0.1, -0.05) is 0 Å². The molecule has 0 aliphatic carbocycles. The van der Waals surface area contributed by atoms with Crippen molar-refractivity contribution >= 4 is 21.9 Å². The Balaban J connectivity index is 2.78. The van der Waals surface area contributed by atoms with E-state index < -0.39 is 0 Å². The van der Waals surface area contributed by atoms with E-state index >= 15 is 0 Å². The number of allylic oxidation sites excluding steroid dienone is 1. The largest absolute Gasteiger partial charge is 0.462 e. The van der Waals surface area contributed by atoms with Crippen molar-refractivity contribution in [1.29, 1.82) is 0 Å². The Morgan fingerprint density at radius 2 is 2.50 bits per heavy atom. The van der Waals surface area contributed by atoms with Crippen molar-refractivity contribution in [1.82, 2.24) is 0 Å². The Morgan fingerprint density at radius 1 is 1.50 bits per heavy atom. The Bertz CT molecular complexity index is 120. The maximum atomic E-state index is 4.70. The standard InChI is InChI=1S/C4H4OS/c1-2-5-4-6-3-1/h1-4H. The number of rotatable bonds is 0. The lowest BCUT2D eigenvalue weighted by molar-refractivity contribution is 0.505. The molecule has 0 aromatic rings. The predicted molar refractivity (Wildman–Crippen MR) is 29.9 cm³/mol. The number of hydrogen-bond donors (Lipinski definition) is 0. The van der Waals surface area contributed by atoms with Gasteiger partial charge in [-0.05, 0) is 11.4 Å². The first kappa shape index (κ1) is 3.68. The summed E-state index contributed by atoms with van der Waals surface area (Å²) in [5.41, 5.74) is 1.67. The summed E-state index contributed by atoms with van der Waals surface area (Å²) in [6, 6.07) is 0. The van der Waals surface area contributed by atoms with Crippen LogP contribution in [0.25, 0.3) is 0 Å². The molecular formula is C4H4OS. The van der Waals surface area contributed by atoms with Crippen LogP contribution >= 0.6 is 10.9 Å². The van der Waals surface area contributed by atoms with E-state index in [-0.39, 0.29) is 0 Å². The Labute approximate surface area is 39.8 Å². The summed E-state index contributed by atoms with van der Waals surface area (Å²) in [7, 11) is 1.54. The highest BCUT2D eigenvalue weighted by atomic mass is 32.1. The van der Waals surface area contributed by atoms with Crippen molar-refractivity contribution in [3.05, 3.63) is 12.3 Å². The first-order valence-electron chi connectivity index (χ1n) is 1.61. The fourth-order valence-corrected chi connectivity index (χ4v) is 0.566. The van der Waals surface area contributed by atoms with Gasteiger partial charge in [0.1, 0.15) is 5.55 Å². The normalized spacial score (nSPS) is 16.0. The molecule has 2 heteroatoms. The van der Waals surface area contributed by atoms with E-state index in [1.54, 1.807) is 11.8 Å². The monoisotopic (exact) mass is 100.0 g/mol. The molecule has 0 unspecified atom stereocenters. The van der Waals surface area contributed by atoms with Gasteiger partial charge >= 0.3 is 0 Å². The number of ether oxygens (including phenoxy) is 1. The summed E-state index contributed by atoms with van der Waals surface area (Å²) < 4.78 is 4.70. The zero-order valence-corrected chi connectivity index (χ0v) is 3.94. The lowest BCUT2D eigenvalue weighted by Crippen LogP contribution is -1.74. The molecule has 1 aliphatic heterocycles. The molecule has 0 saturated heterocycles. The molecule has 0 radical (unpaired) electrons. The zero-order valence-electron chi connectivity index (χ0n) is 3.13. The van der Waals surface area contributed by atoms with E-state index in [4.69, 9.17) is 4.74 Å². The predicted octanol–water partition coefficient (Wildman–Crippen LogP) is 0.825. The van der Waals surface area contributed by atoms with Gasteiger partial charge in [0.05, 0.1) is 6.26 Å². The highest BCUT2D eigenvalue weighted by molar-refractivity contribution is 7.95. The molecule has 1 aliphatic rings. The van der Waals surface area contributed by atoms with Gasteiger partial charge in [0, 0.05) is 0 Å². The SMILES string of the molecule is C1=COC=S=C1. The molecule has 1 rings (SSSR count). The van der Waals surface area contributed by atoms with E-state index in [9.17, 15) is 0 Å². The summed E-state index contributed by atoms with van der Waals surface area (Å²) in [4.78, 5) is 0. The minimum Gasteiger partial charge on any atom is -0.462 e.